The summed E-state index contributed by atoms with van der Waals surface area (Å²) >= 11 is 0. The van der Waals surface area contributed by atoms with E-state index in [1.807, 2.05) is 0 Å². The third-order valence-electron chi connectivity index (χ3n) is 6.05. The van der Waals surface area contributed by atoms with Gasteiger partial charge in [0.15, 0.2) is 5.96 Å². The van der Waals surface area contributed by atoms with Crippen molar-refractivity contribution in [2.45, 2.75) is 24.8 Å². The summed E-state index contributed by atoms with van der Waals surface area (Å²) in [4.78, 5) is 41.6. The molecule has 0 bridgehead atoms. The zero-order chi connectivity index (χ0) is 29.7. The van der Waals surface area contributed by atoms with Crippen molar-refractivity contribution in [3.8, 4) is 0 Å². The van der Waals surface area contributed by atoms with Crippen molar-refractivity contribution in [1.29, 1.82) is 0 Å². The highest BCUT2D eigenvalue weighted by Gasteiger charge is 2.35. The highest BCUT2D eigenvalue weighted by Crippen LogP contribution is 2.33. The van der Waals surface area contributed by atoms with Crippen molar-refractivity contribution in [2.24, 2.45) is 4.99 Å². The Kier molecular flexibility index (Phi) is 8.68. The number of benzene rings is 2. The van der Waals surface area contributed by atoms with Gasteiger partial charge in [0.05, 0.1) is 62.0 Å². The average Bonchev–Trinajstić information content (AvgIpc) is 3.40. The fraction of sp³-hybridized carbons (Fsp3) is 0.320. The lowest BCUT2D eigenvalue weighted by Gasteiger charge is -2.20. The number of amides is 2. The summed E-state index contributed by atoms with van der Waals surface area (Å²) < 4.78 is 71.3. The second kappa shape index (κ2) is 12.2. The molecule has 0 spiro atoms. The van der Waals surface area contributed by atoms with Gasteiger partial charge in [-0.25, -0.2) is 13.8 Å². The number of hydrogen-bond donors (Lipinski definition) is 5. The average molecular weight is 582 g/mol. The summed E-state index contributed by atoms with van der Waals surface area (Å²) in [7, 11) is 1.06. The normalized spacial score (nSPS) is 15.9. The number of aromatic amines is 1. The third-order valence-corrected chi connectivity index (χ3v) is 6.05. The molecule has 2 aromatic carbocycles. The first-order valence-corrected chi connectivity index (χ1v) is 12.1. The second-order valence-electron chi connectivity index (χ2n) is 8.97. The number of esters is 1. The van der Waals surface area contributed by atoms with Gasteiger partial charge in [-0.1, -0.05) is 6.07 Å². The maximum absolute atomic E-state index is 13.8. The number of aliphatic imine (C=N–C) groups is 1. The number of hydrogen-bond acceptors (Lipinski definition) is 8. The van der Waals surface area contributed by atoms with Crippen LogP contribution < -0.4 is 21.3 Å². The minimum Gasteiger partial charge on any atom is -0.469 e. The van der Waals surface area contributed by atoms with Gasteiger partial charge in [0.25, 0.3) is 5.91 Å². The summed E-state index contributed by atoms with van der Waals surface area (Å²) in [6.07, 6.45) is -5.28. The van der Waals surface area contributed by atoms with Crippen LogP contribution in [0.3, 0.4) is 0 Å². The molecule has 3 aromatic rings. The largest absolute Gasteiger partial charge is 0.469 e. The quantitative estimate of drug-likeness (QED) is 0.203. The van der Waals surface area contributed by atoms with Crippen LogP contribution in [0.15, 0.2) is 41.5 Å². The maximum Gasteiger partial charge on any atom is 0.419 e. The fourth-order valence-corrected chi connectivity index (χ4v) is 4.03. The molecule has 2 heterocycles. The molecule has 2 atom stereocenters. The van der Waals surface area contributed by atoms with Crippen LogP contribution in [0.2, 0.25) is 0 Å². The fourth-order valence-electron chi connectivity index (χ4n) is 4.03. The molecule has 1 unspecified atom stereocenters. The van der Waals surface area contributed by atoms with Gasteiger partial charge in [0, 0.05) is 11.1 Å². The van der Waals surface area contributed by atoms with Gasteiger partial charge in [0.1, 0.15) is 12.0 Å². The molecule has 16 heteroatoms. The Morgan fingerprint density at radius 2 is 1.98 bits per heavy atom. The van der Waals surface area contributed by atoms with Gasteiger partial charge in [-0.2, -0.15) is 18.3 Å². The van der Waals surface area contributed by atoms with Crippen molar-refractivity contribution in [3.63, 3.8) is 0 Å². The molecule has 0 fully saturated rings. The number of rotatable bonds is 8. The SMILES string of the molecule is COC(=O)C[C@H](NC(=O)CNC(=O)c1cc(NC2=NCC(F)CN2)cc2[nH]ncc12)c1ccc(F)c(C(F)(F)F)c1. The maximum atomic E-state index is 13.8. The van der Waals surface area contributed by atoms with Crippen LogP contribution in [-0.4, -0.2) is 66.9 Å². The minimum atomic E-state index is -5.01. The van der Waals surface area contributed by atoms with E-state index in [-0.39, 0.29) is 24.2 Å². The summed E-state index contributed by atoms with van der Waals surface area (Å²) in [5, 5.41) is 17.6. The van der Waals surface area contributed by atoms with Crippen LogP contribution in [0.25, 0.3) is 10.9 Å². The molecule has 218 valence electrons. The molecular weight excluding hydrogens is 557 g/mol. The van der Waals surface area contributed by atoms with Gasteiger partial charge in [-0.05, 0) is 29.8 Å². The highest BCUT2D eigenvalue weighted by atomic mass is 19.4. The lowest BCUT2D eigenvalue weighted by atomic mass is 10.0. The van der Waals surface area contributed by atoms with Crippen LogP contribution in [0.1, 0.15) is 33.9 Å². The standard InChI is InChI=1S/C25H24F5N7O4/c1-41-22(39)7-19(12-2-3-18(27)17(4-12)25(28,29)30)36-21(38)11-31-23(40)15-5-14(6-20-16(15)10-34-37-20)35-24-32-8-13(26)9-33-24/h2-6,10,13,19H,7-9,11H2,1H3,(H,31,40)(H,34,37)(H,36,38)(H2,32,33,35)/t19-/m0/s1. The Hall–Kier alpha value is -4.76. The van der Waals surface area contributed by atoms with Crippen LogP contribution >= 0.6 is 0 Å². The predicted octanol–water partition coefficient (Wildman–Crippen LogP) is 2.58. The van der Waals surface area contributed by atoms with E-state index in [0.29, 0.717) is 34.7 Å². The monoisotopic (exact) mass is 581 g/mol. The number of fused-ring (bicyclic) bond motifs is 1. The molecule has 5 N–H and O–H groups in total. The molecule has 2 amide bonds. The smallest absolute Gasteiger partial charge is 0.419 e. The van der Waals surface area contributed by atoms with E-state index in [1.54, 1.807) is 6.07 Å². The Morgan fingerprint density at radius 1 is 1.20 bits per heavy atom. The van der Waals surface area contributed by atoms with Crippen LogP contribution in [0.5, 0.6) is 0 Å². The highest BCUT2D eigenvalue weighted by molar-refractivity contribution is 6.09. The Labute approximate surface area is 228 Å². The zero-order valence-corrected chi connectivity index (χ0v) is 21.4. The van der Waals surface area contributed by atoms with E-state index in [1.165, 1.54) is 12.3 Å². The summed E-state index contributed by atoms with van der Waals surface area (Å²) in [5.41, 5.74) is -0.759. The van der Waals surface area contributed by atoms with Crippen LogP contribution in [0.4, 0.5) is 27.6 Å². The number of H-pyrrole nitrogens is 1. The van der Waals surface area contributed by atoms with Crippen molar-refractivity contribution in [2.75, 3.05) is 32.1 Å². The summed E-state index contributed by atoms with van der Waals surface area (Å²) in [6.45, 7) is -0.587. The number of nitrogens with zero attached hydrogens (tertiary/aromatic N) is 2. The van der Waals surface area contributed by atoms with E-state index in [9.17, 15) is 36.3 Å². The molecule has 1 aliphatic rings. The first kappa shape index (κ1) is 29.2. The summed E-state index contributed by atoms with van der Waals surface area (Å²) in [6, 6.07) is 3.88. The van der Waals surface area contributed by atoms with Crippen molar-refractivity contribution in [3.05, 3.63) is 59.0 Å². The molecular formula is C25H24F5N7O4. The molecule has 1 aliphatic heterocycles. The molecule has 0 saturated carbocycles. The van der Waals surface area contributed by atoms with E-state index < -0.39 is 60.5 Å². The van der Waals surface area contributed by atoms with Crippen LogP contribution in [-0.2, 0) is 20.5 Å². The van der Waals surface area contributed by atoms with E-state index in [4.69, 9.17) is 0 Å². The first-order valence-electron chi connectivity index (χ1n) is 12.1. The molecule has 0 radical (unpaired) electrons. The van der Waals surface area contributed by atoms with E-state index in [2.05, 4.69) is 41.2 Å². The van der Waals surface area contributed by atoms with Crippen molar-refractivity contribution >= 4 is 40.3 Å². The van der Waals surface area contributed by atoms with Crippen molar-refractivity contribution < 1.29 is 41.1 Å². The van der Waals surface area contributed by atoms with Gasteiger partial charge < -0.3 is 26.0 Å². The Balaban J connectivity index is 1.48. The number of halogens is 5. The minimum absolute atomic E-state index is 0.0312. The summed E-state index contributed by atoms with van der Waals surface area (Å²) in [5.74, 6) is -3.60. The second-order valence-corrected chi connectivity index (χ2v) is 8.97. The first-order chi connectivity index (χ1) is 19.4. The lowest BCUT2D eigenvalue weighted by Crippen LogP contribution is -2.41. The molecule has 41 heavy (non-hydrogen) atoms. The molecule has 1 aromatic heterocycles. The van der Waals surface area contributed by atoms with E-state index >= 15 is 0 Å². The number of guanidine groups is 1. The molecule has 11 nitrogen and oxygen atoms in total. The molecule has 4 rings (SSSR count). The number of nitrogens with one attached hydrogen (secondary N) is 5. The number of methoxy groups -OCH3 is 1. The topological polar surface area (TPSA) is 150 Å². The number of anilines is 1. The van der Waals surface area contributed by atoms with Crippen LogP contribution in [0, 0.1) is 5.82 Å². The predicted molar refractivity (Wildman–Crippen MR) is 136 cm³/mol. The molecule has 0 saturated heterocycles. The zero-order valence-electron chi connectivity index (χ0n) is 21.4. The Bertz CT molecular complexity index is 1490. The number of ether oxygens (including phenoxy) is 1. The van der Waals surface area contributed by atoms with Crippen molar-refractivity contribution in [1.82, 2.24) is 26.1 Å². The molecule has 0 aliphatic carbocycles. The van der Waals surface area contributed by atoms with Gasteiger partial charge >= 0.3 is 12.1 Å². The number of carbonyl (C=O) groups excluding carboxylic acids is 3. The van der Waals surface area contributed by atoms with Gasteiger partial charge in [-0.15, -0.1) is 0 Å². The lowest BCUT2D eigenvalue weighted by molar-refractivity contribution is -0.141. The van der Waals surface area contributed by atoms with Gasteiger partial charge in [0.2, 0.25) is 5.91 Å². The third kappa shape index (κ3) is 7.26. The Morgan fingerprint density at radius 3 is 2.66 bits per heavy atom. The number of aromatic nitrogens is 2. The van der Waals surface area contributed by atoms with E-state index in [0.717, 1.165) is 13.2 Å². The number of alkyl halides is 4. The number of carbonyl (C=O) groups is 3. The van der Waals surface area contributed by atoms with Gasteiger partial charge in [-0.3, -0.25) is 19.5 Å².